The van der Waals surface area contributed by atoms with E-state index in [9.17, 15) is 8.78 Å². The molecule has 0 spiro atoms. The molecule has 0 radical (unpaired) electrons. The van der Waals surface area contributed by atoms with Gasteiger partial charge in [-0.3, -0.25) is 0 Å². The maximum absolute atomic E-state index is 12.4. The monoisotopic (exact) mass is 192 g/mol. The molecule has 0 aliphatic heterocycles. The molecule has 0 atom stereocenters. The van der Waals surface area contributed by atoms with E-state index >= 15 is 0 Å². The lowest BCUT2D eigenvalue weighted by Crippen LogP contribution is -2.04. The third-order valence-corrected chi connectivity index (χ3v) is 1.57. The van der Waals surface area contributed by atoms with Crippen LogP contribution in [0.15, 0.2) is 18.3 Å². The molecule has 0 aliphatic rings. The number of nitrogens with zero attached hydrogens (tertiary/aromatic N) is 1. The van der Waals surface area contributed by atoms with E-state index in [-0.39, 0.29) is 5.56 Å². The van der Waals surface area contributed by atoms with Crippen LogP contribution in [0.5, 0.6) is 0 Å². The summed E-state index contributed by atoms with van der Waals surface area (Å²) < 4.78 is 24.8. The molecule has 0 saturated carbocycles. The Morgan fingerprint density at radius 3 is 2.50 bits per heavy atom. The molecule has 1 heterocycles. The first-order chi connectivity index (χ1) is 5.54. The Kier molecular flexibility index (Phi) is 2.47. The van der Waals surface area contributed by atoms with Crippen LogP contribution in [0.1, 0.15) is 5.56 Å². The summed E-state index contributed by atoms with van der Waals surface area (Å²) in [5.74, 6) is 0.527. The third-order valence-electron chi connectivity index (χ3n) is 1.35. The molecule has 0 amide bonds. The third kappa shape index (κ3) is 2.04. The van der Waals surface area contributed by atoms with Gasteiger partial charge in [-0.2, -0.15) is 8.78 Å². The number of alkyl halides is 3. The van der Waals surface area contributed by atoms with Gasteiger partial charge in [0.05, 0.1) is 5.56 Å². The summed E-state index contributed by atoms with van der Waals surface area (Å²) in [5.41, 5.74) is -0.303. The largest absolute Gasteiger partial charge is 0.373 e. The Morgan fingerprint density at radius 1 is 1.50 bits per heavy atom. The van der Waals surface area contributed by atoms with Crippen molar-refractivity contribution in [3.8, 4) is 0 Å². The topological polar surface area (TPSA) is 24.9 Å². The zero-order chi connectivity index (χ0) is 9.19. The average molecular weight is 193 g/mol. The second-order valence-corrected chi connectivity index (χ2v) is 2.65. The minimum atomic E-state index is -3.33. The van der Waals surface area contributed by atoms with E-state index in [4.69, 9.17) is 11.6 Å². The molecule has 5 heteroatoms. The molecule has 12 heavy (non-hydrogen) atoms. The minimum absolute atomic E-state index is 0.303. The Hall–Kier alpha value is -0.900. The van der Waals surface area contributed by atoms with Crippen molar-refractivity contribution in [2.75, 3.05) is 12.4 Å². The predicted molar refractivity (Wildman–Crippen MR) is 43.5 cm³/mol. The molecule has 0 aromatic carbocycles. The smallest absolute Gasteiger partial charge is 0.349 e. The maximum atomic E-state index is 12.4. The highest BCUT2D eigenvalue weighted by molar-refractivity contribution is 6.21. The van der Waals surface area contributed by atoms with Crippen LogP contribution in [0, 0.1) is 0 Å². The summed E-state index contributed by atoms with van der Waals surface area (Å²) in [5, 5.41) is -0.628. The van der Waals surface area contributed by atoms with Gasteiger partial charge in [-0.1, -0.05) is 0 Å². The van der Waals surface area contributed by atoms with Gasteiger partial charge < -0.3 is 5.32 Å². The van der Waals surface area contributed by atoms with Crippen LogP contribution in [0.4, 0.5) is 14.6 Å². The average Bonchev–Trinajstić information content (AvgIpc) is 2.03. The van der Waals surface area contributed by atoms with Crippen LogP contribution in [0.3, 0.4) is 0 Å². The van der Waals surface area contributed by atoms with Crippen LogP contribution in [-0.4, -0.2) is 12.0 Å². The molecule has 1 aromatic heterocycles. The molecule has 1 N–H and O–H groups in total. The van der Waals surface area contributed by atoms with Gasteiger partial charge in [0, 0.05) is 13.2 Å². The lowest BCUT2D eigenvalue weighted by atomic mass is 10.3. The molecule has 2 nitrogen and oxygen atoms in total. The quantitative estimate of drug-likeness (QED) is 0.728. The molecule has 0 fully saturated rings. The zero-order valence-corrected chi connectivity index (χ0v) is 7.07. The van der Waals surface area contributed by atoms with E-state index in [0.29, 0.717) is 5.82 Å². The first-order valence-corrected chi connectivity index (χ1v) is 3.63. The molecular formula is C7H7ClF2N2. The van der Waals surface area contributed by atoms with Gasteiger partial charge >= 0.3 is 5.38 Å². The van der Waals surface area contributed by atoms with Crippen molar-refractivity contribution in [1.29, 1.82) is 0 Å². The van der Waals surface area contributed by atoms with Crippen LogP contribution in [0.25, 0.3) is 0 Å². The fourth-order valence-corrected chi connectivity index (χ4v) is 0.821. The summed E-state index contributed by atoms with van der Waals surface area (Å²) in [6.07, 6.45) is 1.04. The van der Waals surface area contributed by atoms with Crippen LogP contribution in [-0.2, 0) is 5.38 Å². The van der Waals surface area contributed by atoms with Crippen molar-refractivity contribution in [1.82, 2.24) is 4.98 Å². The normalized spacial score (nSPS) is 11.3. The molecule has 66 valence electrons. The maximum Gasteiger partial charge on any atom is 0.349 e. The standard InChI is InChI=1S/C7H7ClF2N2/c1-11-6-3-2-5(4-12-6)7(8,9)10/h2-4H,1H3,(H,11,12). The van der Waals surface area contributed by atoms with E-state index in [1.807, 2.05) is 0 Å². The molecule has 1 aromatic rings. The van der Waals surface area contributed by atoms with Crippen molar-refractivity contribution in [3.63, 3.8) is 0 Å². The minimum Gasteiger partial charge on any atom is -0.373 e. The Bertz CT molecular complexity index is 255. The van der Waals surface area contributed by atoms with Gasteiger partial charge in [0.15, 0.2) is 0 Å². The van der Waals surface area contributed by atoms with Crippen molar-refractivity contribution in [2.45, 2.75) is 5.38 Å². The molecule has 0 saturated heterocycles. The lowest BCUT2D eigenvalue weighted by molar-refractivity contribution is 0.0947. The van der Waals surface area contributed by atoms with Crippen LogP contribution in [0.2, 0.25) is 0 Å². The van der Waals surface area contributed by atoms with Gasteiger partial charge in [-0.15, -0.1) is 0 Å². The zero-order valence-electron chi connectivity index (χ0n) is 6.31. The summed E-state index contributed by atoms with van der Waals surface area (Å²) in [6, 6.07) is 2.66. The first kappa shape index (κ1) is 9.19. The summed E-state index contributed by atoms with van der Waals surface area (Å²) >= 11 is 4.76. The van der Waals surface area contributed by atoms with Gasteiger partial charge in [-0.05, 0) is 23.7 Å². The fraction of sp³-hybridized carbons (Fsp3) is 0.286. The van der Waals surface area contributed by atoms with Crippen molar-refractivity contribution in [3.05, 3.63) is 23.9 Å². The number of rotatable bonds is 2. The van der Waals surface area contributed by atoms with Gasteiger partial charge in [0.1, 0.15) is 5.82 Å². The van der Waals surface area contributed by atoms with E-state index in [1.54, 1.807) is 7.05 Å². The first-order valence-electron chi connectivity index (χ1n) is 3.25. The lowest BCUT2D eigenvalue weighted by Gasteiger charge is -2.07. The van der Waals surface area contributed by atoms with Crippen LogP contribution < -0.4 is 5.32 Å². The number of hydrogen-bond acceptors (Lipinski definition) is 2. The SMILES string of the molecule is CNc1ccc(C(F)(F)Cl)cn1. The number of halogens is 3. The van der Waals surface area contributed by atoms with Gasteiger partial charge in [0.2, 0.25) is 0 Å². The molecule has 1 rings (SSSR count). The summed E-state index contributed by atoms with van der Waals surface area (Å²) in [6.45, 7) is 0. The Balaban J connectivity index is 2.93. The number of hydrogen-bond donors (Lipinski definition) is 1. The summed E-state index contributed by atoms with van der Waals surface area (Å²) in [4.78, 5) is 3.69. The van der Waals surface area contributed by atoms with Gasteiger partial charge in [0.25, 0.3) is 0 Å². The van der Waals surface area contributed by atoms with Crippen LogP contribution >= 0.6 is 11.6 Å². The summed E-state index contributed by atoms with van der Waals surface area (Å²) in [7, 11) is 1.65. The van der Waals surface area contributed by atoms with Crippen molar-refractivity contribution in [2.24, 2.45) is 0 Å². The highest BCUT2D eigenvalue weighted by atomic mass is 35.5. The molecule has 0 unspecified atom stereocenters. The number of anilines is 1. The number of pyridine rings is 1. The molecule has 0 bridgehead atoms. The molecule has 0 aliphatic carbocycles. The van der Waals surface area contributed by atoms with Crippen molar-refractivity contribution < 1.29 is 8.78 Å². The highest BCUT2D eigenvalue weighted by Gasteiger charge is 2.27. The van der Waals surface area contributed by atoms with E-state index in [1.165, 1.54) is 12.1 Å². The fourth-order valence-electron chi connectivity index (χ4n) is 0.709. The number of aromatic nitrogens is 1. The Morgan fingerprint density at radius 2 is 2.17 bits per heavy atom. The Labute approximate surface area is 73.6 Å². The van der Waals surface area contributed by atoms with E-state index < -0.39 is 5.38 Å². The second-order valence-electron chi connectivity index (χ2n) is 2.18. The predicted octanol–water partition coefficient (Wildman–Crippen LogP) is 2.41. The van der Waals surface area contributed by atoms with E-state index in [2.05, 4.69) is 10.3 Å². The van der Waals surface area contributed by atoms with Gasteiger partial charge in [-0.25, -0.2) is 4.98 Å². The van der Waals surface area contributed by atoms with Crippen molar-refractivity contribution >= 4 is 17.4 Å². The number of nitrogens with one attached hydrogen (secondary N) is 1. The second kappa shape index (κ2) is 3.23. The van der Waals surface area contributed by atoms with E-state index in [0.717, 1.165) is 6.20 Å². The molecular weight excluding hydrogens is 186 g/mol. The highest BCUT2D eigenvalue weighted by Crippen LogP contribution is 2.31.